The standard InChI is InChI=1S/C13H28O2Si/c1-13(2,3)16(4,5)15-9-8-11-6-7-12(14)10-11/h11-12,14H,6-10H2,1-5H3/t11-,12-/m1/s1. The highest BCUT2D eigenvalue weighted by Crippen LogP contribution is 2.37. The van der Waals surface area contributed by atoms with E-state index in [0.29, 0.717) is 11.0 Å². The predicted octanol–water partition coefficient (Wildman–Crippen LogP) is 3.56. The summed E-state index contributed by atoms with van der Waals surface area (Å²) in [5.41, 5.74) is 0. The Morgan fingerprint density at radius 2 is 1.88 bits per heavy atom. The van der Waals surface area contributed by atoms with E-state index < -0.39 is 8.32 Å². The predicted molar refractivity (Wildman–Crippen MR) is 71.1 cm³/mol. The lowest BCUT2D eigenvalue weighted by molar-refractivity contribution is 0.173. The van der Waals surface area contributed by atoms with Gasteiger partial charge in [-0.05, 0) is 49.7 Å². The SMILES string of the molecule is CC(C)(C)[Si](C)(C)OCC[C@H]1CC[C@@H](O)C1. The number of aliphatic hydroxyl groups is 1. The minimum absolute atomic E-state index is 0.0436. The van der Waals surface area contributed by atoms with Crippen molar-refractivity contribution in [3.63, 3.8) is 0 Å². The van der Waals surface area contributed by atoms with Crippen LogP contribution in [0.4, 0.5) is 0 Å². The molecule has 0 aromatic carbocycles. The maximum absolute atomic E-state index is 9.46. The highest BCUT2D eigenvalue weighted by molar-refractivity contribution is 6.74. The van der Waals surface area contributed by atoms with Crippen LogP contribution < -0.4 is 0 Å². The molecule has 1 fully saturated rings. The van der Waals surface area contributed by atoms with E-state index in [-0.39, 0.29) is 6.10 Å². The van der Waals surface area contributed by atoms with Gasteiger partial charge in [0.1, 0.15) is 0 Å². The normalized spacial score (nSPS) is 27.4. The highest BCUT2D eigenvalue weighted by atomic mass is 28.4. The van der Waals surface area contributed by atoms with Gasteiger partial charge in [-0.15, -0.1) is 0 Å². The second-order valence-corrected chi connectivity index (χ2v) is 11.5. The van der Waals surface area contributed by atoms with Gasteiger partial charge in [0, 0.05) is 6.61 Å². The minimum atomic E-state index is -1.56. The van der Waals surface area contributed by atoms with Gasteiger partial charge >= 0.3 is 0 Å². The van der Waals surface area contributed by atoms with Gasteiger partial charge < -0.3 is 9.53 Å². The van der Waals surface area contributed by atoms with Gasteiger partial charge in [-0.3, -0.25) is 0 Å². The van der Waals surface area contributed by atoms with Gasteiger partial charge in [0.2, 0.25) is 0 Å². The van der Waals surface area contributed by atoms with Crippen LogP contribution in [0, 0.1) is 5.92 Å². The lowest BCUT2D eigenvalue weighted by Gasteiger charge is -2.36. The summed E-state index contributed by atoms with van der Waals surface area (Å²) in [5, 5.41) is 9.76. The highest BCUT2D eigenvalue weighted by Gasteiger charge is 2.37. The van der Waals surface area contributed by atoms with Crippen LogP contribution in [0.1, 0.15) is 46.5 Å². The van der Waals surface area contributed by atoms with Crippen molar-refractivity contribution in [3.05, 3.63) is 0 Å². The number of aliphatic hydroxyl groups excluding tert-OH is 1. The molecule has 2 atom stereocenters. The van der Waals surface area contributed by atoms with E-state index in [1.807, 2.05) is 0 Å². The molecular formula is C13H28O2Si. The van der Waals surface area contributed by atoms with Crippen LogP contribution in [0.15, 0.2) is 0 Å². The molecule has 1 N–H and O–H groups in total. The quantitative estimate of drug-likeness (QED) is 0.766. The van der Waals surface area contributed by atoms with Crippen LogP contribution in [-0.4, -0.2) is 26.1 Å². The van der Waals surface area contributed by atoms with Crippen molar-refractivity contribution in [3.8, 4) is 0 Å². The topological polar surface area (TPSA) is 29.5 Å². The Kier molecular flexibility index (Phi) is 4.61. The van der Waals surface area contributed by atoms with E-state index in [1.165, 1.54) is 6.42 Å². The molecule has 0 amide bonds. The summed E-state index contributed by atoms with van der Waals surface area (Å²) in [4.78, 5) is 0. The van der Waals surface area contributed by atoms with Crippen molar-refractivity contribution in [2.45, 2.75) is 70.7 Å². The zero-order valence-corrected chi connectivity index (χ0v) is 12.5. The lowest BCUT2D eigenvalue weighted by atomic mass is 10.1. The molecule has 0 aliphatic heterocycles. The van der Waals surface area contributed by atoms with Crippen molar-refractivity contribution >= 4 is 8.32 Å². The molecule has 0 unspecified atom stereocenters. The molecule has 16 heavy (non-hydrogen) atoms. The van der Waals surface area contributed by atoms with Crippen LogP contribution in [-0.2, 0) is 4.43 Å². The van der Waals surface area contributed by atoms with Crippen LogP contribution in [0.3, 0.4) is 0 Å². The molecule has 0 spiro atoms. The van der Waals surface area contributed by atoms with Gasteiger partial charge in [-0.25, -0.2) is 0 Å². The fourth-order valence-corrected chi connectivity index (χ4v) is 3.07. The smallest absolute Gasteiger partial charge is 0.191 e. The maximum Gasteiger partial charge on any atom is 0.191 e. The average Bonchev–Trinajstić information content (AvgIpc) is 2.49. The molecule has 1 saturated carbocycles. The Morgan fingerprint density at radius 3 is 2.31 bits per heavy atom. The summed E-state index contributed by atoms with van der Waals surface area (Å²) < 4.78 is 6.15. The van der Waals surface area contributed by atoms with E-state index in [0.717, 1.165) is 25.9 Å². The summed E-state index contributed by atoms with van der Waals surface area (Å²) in [6, 6.07) is 0. The van der Waals surface area contributed by atoms with Crippen molar-refractivity contribution < 1.29 is 9.53 Å². The Labute approximate surface area is 102 Å². The van der Waals surface area contributed by atoms with E-state index in [4.69, 9.17) is 4.43 Å². The van der Waals surface area contributed by atoms with Crippen LogP contribution in [0.25, 0.3) is 0 Å². The summed E-state index contributed by atoms with van der Waals surface area (Å²) in [7, 11) is -1.56. The van der Waals surface area contributed by atoms with Crippen LogP contribution in [0.2, 0.25) is 18.1 Å². The van der Waals surface area contributed by atoms with Crippen molar-refractivity contribution in [2.24, 2.45) is 5.92 Å². The number of hydrogen-bond acceptors (Lipinski definition) is 2. The fourth-order valence-electron chi connectivity index (χ4n) is 2.01. The van der Waals surface area contributed by atoms with Gasteiger partial charge in [-0.2, -0.15) is 0 Å². The van der Waals surface area contributed by atoms with E-state index in [9.17, 15) is 5.11 Å². The molecular weight excluding hydrogens is 216 g/mol. The summed E-state index contributed by atoms with van der Waals surface area (Å²) >= 11 is 0. The molecule has 0 heterocycles. The number of rotatable bonds is 4. The molecule has 0 bridgehead atoms. The Hall–Kier alpha value is 0.137. The zero-order chi connectivity index (χ0) is 12.4. The minimum Gasteiger partial charge on any atom is -0.417 e. The molecule has 0 radical (unpaired) electrons. The zero-order valence-electron chi connectivity index (χ0n) is 11.5. The van der Waals surface area contributed by atoms with Gasteiger partial charge in [-0.1, -0.05) is 20.8 Å². The summed E-state index contributed by atoms with van der Waals surface area (Å²) in [5.74, 6) is 0.694. The average molecular weight is 244 g/mol. The third-order valence-electron chi connectivity index (χ3n) is 4.31. The summed E-state index contributed by atoms with van der Waals surface area (Å²) in [6.45, 7) is 12.3. The van der Waals surface area contributed by atoms with Crippen molar-refractivity contribution in [2.75, 3.05) is 6.61 Å². The largest absolute Gasteiger partial charge is 0.417 e. The molecule has 2 nitrogen and oxygen atoms in total. The van der Waals surface area contributed by atoms with E-state index in [2.05, 4.69) is 33.9 Å². The van der Waals surface area contributed by atoms with Crippen LogP contribution >= 0.6 is 0 Å². The molecule has 0 aromatic rings. The first-order valence-corrected chi connectivity index (χ1v) is 9.45. The Bertz CT molecular complexity index is 220. The van der Waals surface area contributed by atoms with Gasteiger partial charge in [0.15, 0.2) is 8.32 Å². The second-order valence-electron chi connectivity index (χ2n) is 6.73. The fraction of sp³-hybridized carbons (Fsp3) is 1.00. The molecule has 1 aliphatic carbocycles. The molecule has 3 heteroatoms. The van der Waals surface area contributed by atoms with Gasteiger partial charge in [0.05, 0.1) is 6.10 Å². The first-order valence-electron chi connectivity index (χ1n) is 6.54. The second kappa shape index (κ2) is 5.19. The molecule has 0 aromatic heterocycles. The molecule has 1 aliphatic rings. The van der Waals surface area contributed by atoms with E-state index >= 15 is 0 Å². The third kappa shape index (κ3) is 3.86. The molecule has 96 valence electrons. The van der Waals surface area contributed by atoms with Gasteiger partial charge in [0.25, 0.3) is 0 Å². The third-order valence-corrected chi connectivity index (χ3v) is 8.85. The molecule has 1 rings (SSSR count). The van der Waals surface area contributed by atoms with Crippen LogP contribution in [0.5, 0.6) is 0 Å². The van der Waals surface area contributed by atoms with E-state index in [1.54, 1.807) is 0 Å². The first kappa shape index (κ1) is 14.2. The van der Waals surface area contributed by atoms with Crippen molar-refractivity contribution in [1.29, 1.82) is 0 Å². The summed E-state index contributed by atoms with van der Waals surface area (Å²) in [6.07, 6.45) is 4.25. The van der Waals surface area contributed by atoms with Crippen molar-refractivity contribution in [1.82, 2.24) is 0 Å². The molecule has 0 saturated heterocycles. The first-order chi connectivity index (χ1) is 7.22. The maximum atomic E-state index is 9.46. The lowest BCUT2D eigenvalue weighted by Crippen LogP contribution is -2.41. The monoisotopic (exact) mass is 244 g/mol. The number of hydrogen-bond donors (Lipinski definition) is 1. The Morgan fingerprint density at radius 1 is 1.25 bits per heavy atom. The Balaban J connectivity index is 2.25.